The average Bonchev–Trinajstić information content (AvgIpc) is 2.91. The van der Waals surface area contributed by atoms with Crippen molar-refractivity contribution in [3.8, 4) is 5.75 Å². The Kier molecular flexibility index (Phi) is 5.09. The number of hydrogen-bond acceptors (Lipinski definition) is 3. The lowest BCUT2D eigenvalue weighted by molar-refractivity contribution is -0.123. The first kappa shape index (κ1) is 14.9. The number of ether oxygens (including phenoxy) is 1. The molecule has 0 aliphatic carbocycles. The fraction of sp³-hybridized carbons (Fsp3) is 0.214. The quantitative estimate of drug-likeness (QED) is 0.880. The van der Waals surface area contributed by atoms with Gasteiger partial charge in [0, 0.05) is 4.47 Å². The van der Waals surface area contributed by atoms with Gasteiger partial charge in [-0.2, -0.15) is 0 Å². The molecule has 0 aliphatic heterocycles. The van der Waals surface area contributed by atoms with Gasteiger partial charge in [0.15, 0.2) is 6.61 Å². The number of halogens is 2. The highest BCUT2D eigenvalue weighted by molar-refractivity contribution is 9.10. The number of amides is 1. The molecule has 1 aromatic heterocycles. The second-order valence-electron chi connectivity index (χ2n) is 4.17. The molecule has 0 fully saturated rings. The van der Waals surface area contributed by atoms with Crippen LogP contribution in [0.3, 0.4) is 0 Å². The summed E-state index contributed by atoms with van der Waals surface area (Å²) in [6.07, 6.45) is 1.57. The number of carbonyl (C=O) groups excluding carboxylic acids is 1. The van der Waals surface area contributed by atoms with Crippen LogP contribution in [-0.2, 0) is 4.79 Å². The fourth-order valence-corrected chi connectivity index (χ4v) is 2.36. The Hall–Kier alpha value is -1.46. The van der Waals surface area contributed by atoms with Gasteiger partial charge >= 0.3 is 0 Å². The lowest BCUT2D eigenvalue weighted by Gasteiger charge is -2.12. The molecule has 0 saturated carbocycles. The number of nitrogens with one attached hydrogen (secondary N) is 1. The third-order valence-electron chi connectivity index (χ3n) is 2.60. The zero-order chi connectivity index (χ0) is 14.5. The standard InChI is InChI=1S/C14H13BrClNO3/c1-9(12-3-2-6-19-12)17-14(18)8-20-13-5-4-10(15)7-11(13)16/h2-7,9H,8H2,1H3,(H,17,18)/t9-/m0/s1. The maximum atomic E-state index is 11.8. The number of carbonyl (C=O) groups is 1. The van der Waals surface area contributed by atoms with Crippen molar-refractivity contribution in [1.82, 2.24) is 5.32 Å². The van der Waals surface area contributed by atoms with E-state index in [0.717, 1.165) is 4.47 Å². The molecule has 0 bridgehead atoms. The van der Waals surface area contributed by atoms with Crippen molar-refractivity contribution < 1.29 is 13.9 Å². The first-order valence-corrected chi connectivity index (χ1v) is 7.14. The first-order valence-electron chi connectivity index (χ1n) is 5.97. The molecule has 0 radical (unpaired) electrons. The fourth-order valence-electron chi connectivity index (χ4n) is 1.63. The summed E-state index contributed by atoms with van der Waals surface area (Å²) in [5.41, 5.74) is 0. The second kappa shape index (κ2) is 6.81. The van der Waals surface area contributed by atoms with Gasteiger partial charge in [-0.1, -0.05) is 27.5 Å². The summed E-state index contributed by atoms with van der Waals surface area (Å²) < 4.78 is 11.4. The molecule has 1 heterocycles. The highest BCUT2D eigenvalue weighted by atomic mass is 79.9. The molecule has 106 valence electrons. The Bertz CT molecular complexity index is 586. The van der Waals surface area contributed by atoms with Gasteiger partial charge in [-0.05, 0) is 37.3 Å². The van der Waals surface area contributed by atoms with E-state index in [1.807, 2.05) is 6.92 Å². The summed E-state index contributed by atoms with van der Waals surface area (Å²) in [5, 5.41) is 3.22. The van der Waals surface area contributed by atoms with Crippen molar-refractivity contribution in [3.63, 3.8) is 0 Å². The van der Waals surface area contributed by atoms with Gasteiger partial charge in [-0.3, -0.25) is 4.79 Å². The van der Waals surface area contributed by atoms with E-state index in [1.54, 1.807) is 36.6 Å². The van der Waals surface area contributed by atoms with E-state index >= 15 is 0 Å². The van der Waals surface area contributed by atoms with Crippen LogP contribution in [0.25, 0.3) is 0 Å². The van der Waals surface area contributed by atoms with E-state index < -0.39 is 0 Å². The molecular formula is C14H13BrClNO3. The van der Waals surface area contributed by atoms with Gasteiger partial charge in [0.1, 0.15) is 11.5 Å². The molecule has 0 saturated heterocycles. The van der Waals surface area contributed by atoms with Gasteiger partial charge < -0.3 is 14.5 Å². The zero-order valence-electron chi connectivity index (χ0n) is 10.7. The van der Waals surface area contributed by atoms with Gasteiger partial charge in [-0.25, -0.2) is 0 Å². The Balaban J connectivity index is 1.86. The Morgan fingerprint density at radius 2 is 2.30 bits per heavy atom. The molecule has 1 N–H and O–H groups in total. The third-order valence-corrected chi connectivity index (χ3v) is 3.39. The molecule has 0 spiro atoms. The Morgan fingerprint density at radius 1 is 1.50 bits per heavy atom. The van der Waals surface area contributed by atoms with Crippen LogP contribution in [0.2, 0.25) is 5.02 Å². The molecule has 1 amide bonds. The molecule has 2 rings (SSSR count). The molecule has 4 nitrogen and oxygen atoms in total. The normalized spacial score (nSPS) is 11.9. The lowest BCUT2D eigenvalue weighted by atomic mass is 10.2. The number of furan rings is 1. The van der Waals surface area contributed by atoms with Crippen LogP contribution in [0, 0.1) is 0 Å². The number of benzene rings is 1. The molecule has 1 atom stereocenters. The highest BCUT2D eigenvalue weighted by Gasteiger charge is 2.12. The summed E-state index contributed by atoms with van der Waals surface area (Å²) in [6, 6.07) is 8.58. The minimum atomic E-state index is -0.243. The maximum Gasteiger partial charge on any atom is 0.258 e. The van der Waals surface area contributed by atoms with Crippen molar-refractivity contribution >= 4 is 33.4 Å². The molecule has 1 aromatic carbocycles. The molecule has 20 heavy (non-hydrogen) atoms. The summed E-state index contributed by atoms with van der Waals surface area (Å²) >= 11 is 9.30. The molecule has 0 aliphatic rings. The van der Waals surface area contributed by atoms with Crippen molar-refractivity contribution in [1.29, 1.82) is 0 Å². The molecular weight excluding hydrogens is 346 g/mol. The summed E-state index contributed by atoms with van der Waals surface area (Å²) in [5.74, 6) is 0.920. The van der Waals surface area contributed by atoms with Gasteiger partial charge in [0.05, 0.1) is 17.3 Å². The predicted molar refractivity (Wildman–Crippen MR) is 79.9 cm³/mol. The summed E-state index contributed by atoms with van der Waals surface area (Å²) in [7, 11) is 0. The second-order valence-corrected chi connectivity index (χ2v) is 5.49. The predicted octanol–water partition coefficient (Wildman–Crippen LogP) is 3.95. The summed E-state index contributed by atoms with van der Waals surface area (Å²) in [4.78, 5) is 11.8. The van der Waals surface area contributed by atoms with Crippen LogP contribution < -0.4 is 10.1 Å². The van der Waals surface area contributed by atoms with Crippen LogP contribution in [0.5, 0.6) is 5.75 Å². The lowest BCUT2D eigenvalue weighted by Crippen LogP contribution is -2.31. The zero-order valence-corrected chi connectivity index (χ0v) is 13.1. The van der Waals surface area contributed by atoms with Crippen LogP contribution in [0.15, 0.2) is 45.5 Å². The summed E-state index contributed by atoms with van der Waals surface area (Å²) in [6.45, 7) is 1.73. The molecule has 2 aromatic rings. The number of rotatable bonds is 5. The van der Waals surface area contributed by atoms with E-state index in [9.17, 15) is 4.79 Å². The van der Waals surface area contributed by atoms with E-state index in [-0.39, 0.29) is 18.6 Å². The maximum absolute atomic E-state index is 11.8. The van der Waals surface area contributed by atoms with Crippen LogP contribution in [0.1, 0.15) is 18.7 Å². The van der Waals surface area contributed by atoms with Gasteiger partial charge in [0.2, 0.25) is 0 Å². The minimum absolute atomic E-state index is 0.105. The first-order chi connectivity index (χ1) is 9.56. The third kappa shape index (κ3) is 4.02. The van der Waals surface area contributed by atoms with E-state index in [0.29, 0.717) is 16.5 Å². The van der Waals surface area contributed by atoms with Crippen molar-refractivity contribution in [2.45, 2.75) is 13.0 Å². The largest absolute Gasteiger partial charge is 0.482 e. The monoisotopic (exact) mass is 357 g/mol. The smallest absolute Gasteiger partial charge is 0.258 e. The van der Waals surface area contributed by atoms with Crippen LogP contribution >= 0.6 is 27.5 Å². The highest BCUT2D eigenvalue weighted by Crippen LogP contribution is 2.27. The Morgan fingerprint density at radius 3 is 2.95 bits per heavy atom. The van der Waals surface area contributed by atoms with Crippen LogP contribution in [0.4, 0.5) is 0 Å². The SMILES string of the molecule is C[C@H](NC(=O)COc1ccc(Br)cc1Cl)c1ccco1. The van der Waals surface area contributed by atoms with E-state index in [1.165, 1.54) is 0 Å². The number of hydrogen-bond donors (Lipinski definition) is 1. The van der Waals surface area contributed by atoms with E-state index in [4.69, 9.17) is 20.8 Å². The molecule has 0 unspecified atom stereocenters. The average molecular weight is 359 g/mol. The van der Waals surface area contributed by atoms with Gasteiger partial charge in [0.25, 0.3) is 5.91 Å². The van der Waals surface area contributed by atoms with Crippen molar-refractivity contribution in [2.24, 2.45) is 0 Å². The van der Waals surface area contributed by atoms with Gasteiger partial charge in [-0.15, -0.1) is 0 Å². The van der Waals surface area contributed by atoms with E-state index in [2.05, 4.69) is 21.2 Å². The topological polar surface area (TPSA) is 51.5 Å². The van der Waals surface area contributed by atoms with Crippen molar-refractivity contribution in [2.75, 3.05) is 6.61 Å². The molecule has 6 heteroatoms. The minimum Gasteiger partial charge on any atom is -0.482 e. The van der Waals surface area contributed by atoms with Crippen LogP contribution in [-0.4, -0.2) is 12.5 Å². The Labute approximate surface area is 130 Å². The van der Waals surface area contributed by atoms with Crippen molar-refractivity contribution in [3.05, 3.63) is 51.9 Å².